The first-order valence-electron chi connectivity index (χ1n) is 12.4. The van der Waals surface area contributed by atoms with Crippen LogP contribution >= 0.6 is 11.6 Å². The lowest BCUT2D eigenvalue weighted by Gasteiger charge is -2.40. The number of benzene rings is 2. The van der Waals surface area contributed by atoms with Crippen LogP contribution in [0.4, 0.5) is 0 Å². The Balaban J connectivity index is 1.97. The van der Waals surface area contributed by atoms with Crippen molar-refractivity contribution in [3.05, 3.63) is 64.2 Å². The van der Waals surface area contributed by atoms with Gasteiger partial charge < -0.3 is 29.9 Å². The maximum atomic E-state index is 10.5. The largest absolute Gasteiger partial charge is 0.494 e. The molecule has 0 unspecified atom stereocenters. The van der Waals surface area contributed by atoms with E-state index in [2.05, 4.69) is 0 Å². The molecule has 2 aromatic carbocycles. The summed E-state index contributed by atoms with van der Waals surface area (Å²) in [6.07, 6.45) is -11.5. The SMILES string of the molecule is [2H]C([2H])(c1ccc(OC([2H])([2H])C([2H])([2H])[2H])cc1)c1cc([C@]2([2H])O[C@H](CO)[C@@H](O)[C@H](O)[C@H]2O)ccc1Cl. The minimum atomic E-state index is -3.05. The average molecular weight is 417 g/mol. The minimum Gasteiger partial charge on any atom is -0.494 e. The number of halogens is 1. The number of aliphatic hydroxyl groups is 4. The van der Waals surface area contributed by atoms with Gasteiger partial charge in [0.2, 0.25) is 0 Å². The van der Waals surface area contributed by atoms with E-state index in [4.69, 9.17) is 32.0 Å². The van der Waals surface area contributed by atoms with Crippen LogP contribution in [0.25, 0.3) is 0 Å². The lowest BCUT2D eigenvalue weighted by atomic mass is 9.90. The van der Waals surface area contributed by atoms with Crippen molar-refractivity contribution in [1.29, 1.82) is 0 Å². The van der Waals surface area contributed by atoms with Crippen LogP contribution in [0.1, 0.15) is 40.6 Å². The van der Waals surface area contributed by atoms with Gasteiger partial charge in [0.1, 0.15) is 36.2 Å². The van der Waals surface area contributed by atoms with Gasteiger partial charge in [-0.15, -0.1) is 0 Å². The molecule has 28 heavy (non-hydrogen) atoms. The first kappa shape index (κ1) is 12.8. The Morgan fingerprint density at radius 2 is 1.89 bits per heavy atom. The summed E-state index contributed by atoms with van der Waals surface area (Å²) in [6.45, 7) is -6.77. The van der Waals surface area contributed by atoms with Gasteiger partial charge in [-0.05, 0) is 48.1 Å². The lowest BCUT2D eigenvalue weighted by Crippen LogP contribution is -2.55. The molecule has 1 aliphatic heterocycles. The number of hydrogen-bond donors (Lipinski definition) is 4. The summed E-state index contributed by atoms with van der Waals surface area (Å²) < 4.78 is 73.0. The van der Waals surface area contributed by atoms with Gasteiger partial charge in [0, 0.05) is 11.9 Å². The maximum Gasteiger partial charge on any atom is 0.119 e. The molecule has 1 heterocycles. The predicted octanol–water partition coefficient (Wildman–Crippen LogP) is 1.84. The number of ether oxygens (including phenoxy) is 2. The summed E-state index contributed by atoms with van der Waals surface area (Å²) in [5.74, 6) is -0.151. The molecule has 1 fully saturated rings. The molecule has 152 valence electrons. The Kier molecular flexibility index (Phi) is 4.21. The van der Waals surface area contributed by atoms with E-state index in [1.54, 1.807) is 0 Å². The van der Waals surface area contributed by atoms with Crippen LogP contribution in [0.3, 0.4) is 0 Å². The van der Waals surface area contributed by atoms with Gasteiger partial charge in [-0.2, -0.15) is 0 Å². The molecule has 4 N–H and O–H groups in total. The molecule has 2 aromatic rings. The van der Waals surface area contributed by atoms with Crippen molar-refractivity contribution in [1.82, 2.24) is 0 Å². The third kappa shape index (κ3) is 4.49. The molecule has 3 rings (SSSR count). The Labute approximate surface area is 180 Å². The molecule has 5 atom stereocenters. The molecule has 0 aromatic heterocycles. The minimum absolute atomic E-state index is 0.0242. The molecule has 0 spiro atoms. The van der Waals surface area contributed by atoms with Crippen molar-refractivity contribution in [2.75, 3.05) is 13.2 Å². The standard InChI is InChI=1S/C21H25ClO6/c1-2-27-15-6-3-12(4-7-15)9-14-10-13(5-8-16(14)22)21-20(26)19(25)18(24)17(11-23)28-21/h3-8,10,17-21,23-26H,2,9,11H2,1H3/t17-,18-,19+,20-,21+/m1/s1/i1D3,2D2,9D2,21D. The van der Waals surface area contributed by atoms with Crippen molar-refractivity contribution in [2.24, 2.45) is 0 Å². The van der Waals surface area contributed by atoms with Crippen LogP contribution in [0.15, 0.2) is 42.5 Å². The highest BCUT2D eigenvalue weighted by Gasteiger charge is 2.43. The Bertz CT molecular complexity index is 1080. The fraction of sp³-hybridized carbons (Fsp3) is 0.429. The molecule has 0 amide bonds. The molecule has 0 bridgehead atoms. The van der Waals surface area contributed by atoms with Crippen molar-refractivity contribution < 1.29 is 40.9 Å². The zero-order valence-corrected chi connectivity index (χ0v) is 15.3. The van der Waals surface area contributed by atoms with Crippen molar-refractivity contribution in [3.63, 3.8) is 0 Å². The van der Waals surface area contributed by atoms with Gasteiger partial charge in [-0.25, -0.2) is 0 Å². The van der Waals surface area contributed by atoms with E-state index in [1.165, 1.54) is 36.4 Å². The van der Waals surface area contributed by atoms with Gasteiger partial charge in [-0.3, -0.25) is 0 Å². The fourth-order valence-electron chi connectivity index (χ4n) is 2.84. The van der Waals surface area contributed by atoms with E-state index in [9.17, 15) is 20.4 Å². The second-order valence-electron chi connectivity index (χ2n) is 6.18. The summed E-state index contributed by atoms with van der Waals surface area (Å²) in [5, 5.41) is 40.0. The first-order chi connectivity index (χ1) is 16.5. The lowest BCUT2D eigenvalue weighted by molar-refractivity contribution is -0.231. The quantitative estimate of drug-likeness (QED) is 0.573. The number of aliphatic hydroxyl groups excluding tert-OH is 4. The molecule has 1 saturated heterocycles. The van der Waals surface area contributed by atoms with Gasteiger partial charge in [-0.1, -0.05) is 35.9 Å². The van der Waals surface area contributed by atoms with Crippen LogP contribution in [-0.2, 0) is 11.1 Å². The molecule has 0 aliphatic carbocycles. The number of hydrogen-bond acceptors (Lipinski definition) is 6. The van der Waals surface area contributed by atoms with E-state index in [-0.39, 0.29) is 27.5 Å². The normalized spacial score (nSPS) is 35.9. The molecule has 1 aliphatic rings. The van der Waals surface area contributed by atoms with Gasteiger partial charge in [0.15, 0.2) is 0 Å². The maximum absolute atomic E-state index is 10.5. The zero-order valence-electron chi connectivity index (χ0n) is 22.5. The van der Waals surface area contributed by atoms with Crippen molar-refractivity contribution in [2.45, 2.75) is 43.7 Å². The summed E-state index contributed by atoms with van der Waals surface area (Å²) in [6, 6.07) is 8.59. The summed E-state index contributed by atoms with van der Waals surface area (Å²) in [5.41, 5.74) is -0.221. The highest BCUT2D eigenvalue weighted by molar-refractivity contribution is 6.31. The summed E-state index contributed by atoms with van der Waals surface area (Å²) >= 11 is 6.26. The third-order valence-electron chi connectivity index (χ3n) is 4.33. The predicted molar refractivity (Wildman–Crippen MR) is 105 cm³/mol. The Morgan fingerprint density at radius 3 is 2.57 bits per heavy atom. The topological polar surface area (TPSA) is 99.4 Å². The molecular formula is C21H25ClO6. The van der Waals surface area contributed by atoms with Gasteiger partial charge >= 0.3 is 0 Å². The molecule has 7 heteroatoms. The molecule has 0 radical (unpaired) electrons. The third-order valence-corrected chi connectivity index (χ3v) is 4.66. The monoisotopic (exact) mass is 416 g/mol. The average Bonchev–Trinajstić information content (AvgIpc) is 2.79. The fourth-order valence-corrected chi connectivity index (χ4v) is 3.01. The second-order valence-corrected chi connectivity index (χ2v) is 6.58. The van der Waals surface area contributed by atoms with Crippen LogP contribution in [0, 0.1) is 0 Å². The highest BCUT2D eigenvalue weighted by atomic mass is 35.5. The first-order valence-corrected chi connectivity index (χ1v) is 8.76. The Morgan fingerprint density at radius 1 is 1.14 bits per heavy atom. The van der Waals surface area contributed by atoms with E-state index in [0.717, 1.165) is 6.07 Å². The highest BCUT2D eigenvalue weighted by Crippen LogP contribution is 2.34. The van der Waals surface area contributed by atoms with Crippen LogP contribution in [0.2, 0.25) is 5.02 Å². The number of rotatable bonds is 6. The van der Waals surface area contributed by atoms with Gasteiger partial charge in [0.05, 0.1) is 17.3 Å². The zero-order chi connectivity index (χ0) is 27.3. The Hall–Kier alpha value is -1.67. The second kappa shape index (κ2) is 9.22. The van der Waals surface area contributed by atoms with Crippen LogP contribution in [0.5, 0.6) is 5.75 Å². The van der Waals surface area contributed by atoms with E-state index >= 15 is 0 Å². The summed E-state index contributed by atoms with van der Waals surface area (Å²) in [4.78, 5) is 0. The van der Waals surface area contributed by atoms with Crippen LogP contribution < -0.4 is 4.74 Å². The smallest absolute Gasteiger partial charge is 0.119 e. The van der Waals surface area contributed by atoms with Crippen molar-refractivity contribution >= 4 is 11.6 Å². The van der Waals surface area contributed by atoms with E-state index < -0.39 is 56.9 Å². The van der Waals surface area contributed by atoms with Crippen LogP contribution in [-0.4, -0.2) is 58.0 Å². The molecular weight excluding hydrogens is 384 g/mol. The van der Waals surface area contributed by atoms with E-state index in [1.807, 2.05) is 0 Å². The molecule has 6 nitrogen and oxygen atoms in total. The van der Waals surface area contributed by atoms with E-state index in [0.29, 0.717) is 0 Å². The van der Waals surface area contributed by atoms with Gasteiger partial charge in [0.25, 0.3) is 0 Å². The molecule has 0 saturated carbocycles. The summed E-state index contributed by atoms with van der Waals surface area (Å²) in [7, 11) is 0. The van der Waals surface area contributed by atoms with Crippen molar-refractivity contribution in [3.8, 4) is 5.75 Å².